The molecule has 6 nitrogen and oxygen atoms in total. The van der Waals surface area contributed by atoms with Crippen LogP contribution in [0.25, 0.3) is 0 Å². The van der Waals surface area contributed by atoms with Gasteiger partial charge in [-0.2, -0.15) is 0 Å². The van der Waals surface area contributed by atoms with Crippen LogP contribution in [0, 0.1) is 0 Å². The first-order valence-electron chi connectivity index (χ1n) is 6.59. The van der Waals surface area contributed by atoms with Gasteiger partial charge in [-0.05, 0) is 25.5 Å². The van der Waals surface area contributed by atoms with Crippen LogP contribution in [0.15, 0.2) is 36.9 Å². The fourth-order valence-corrected chi connectivity index (χ4v) is 2.05. The van der Waals surface area contributed by atoms with E-state index in [1.807, 2.05) is 0 Å². The second-order valence-corrected chi connectivity index (χ2v) is 4.73. The maximum absolute atomic E-state index is 12.2. The Labute approximate surface area is 122 Å². The molecule has 0 spiro atoms. The Hall–Kier alpha value is -2.50. The van der Waals surface area contributed by atoms with E-state index in [9.17, 15) is 9.59 Å². The third-order valence-electron chi connectivity index (χ3n) is 3.12. The van der Waals surface area contributed by atoms with Crippen molar-refractivity contribution >= 4 is 11.9 Å². The molecular weight excluding hydrogens is 274 g/mol. The molecule has 0 aliphatic carbocycles. The number of carbonyl (C=O) groups excluding carboxylic acids is 1. The Bertz CT molecular complexity index is 557. The van der Waals surface area contributed by atoms with E-state index in [0.29, 0.717) is 11.5 Å². The Morgan fingerprint density at radius 2 is 2.00 bits per heavy atom. The molecule has 3 unspecified atom stereocenters. The predicted octanol–water partition coefficient (Wildman–Crippen LogP) is 1.36. The summed E-state index contributed by atoms with van der Waals surface area (Å²) in [6.07, 6.45) is 0.167. The summed E-state index contributed by atoms with van der Waals surface area (Å²) in [5, 5.41) is 11.5. The second-order valence-electron chi connectivity index (χ2n) is 4.73. The molecule has 1 aliphatic rings. The normalized spacial score (nSPS) is 21.2. The zero-order valence-electron chi connectivity index (χ0n) is 11.6. The highest BCUT2D eigenvalue weighted by molar-refractivity contribution is 5.87. The number of nitrogens with one attached hydrogen (secondary N) is 1. The van der Waals surface area contributed by atoms with Crippen molar-refractivity contribution in [2.75, 3.05) is 0 Å². The van der Waals surface area contributed by atoms with Crippen LogP contribution in [-0.2, 0) is 9.59 Å². The molecule has 1 heterocycles. The first-order chi connectivity index (χ1) is 10.0. The minimum atomic E-state index is -1.12. The number of para-hydroxylation sites is 2. The summed E-state index contributed by atoms with van der Waals surface area (Å²) in [5.74, 6) is -0.611. The van der Waals surface area contributed by atoms with Crippen molar-refractivity contribution in [3.8, 4) is 11.5 Å². The number of rotatable bonds is 5. The molecular formula is C15H17NO5. The highest BCUT2D eigenvalue weighted by atomic mass is 16.6. The van der Waals surface area contributed by atoms with E-state index in [1.54, 1.807) is 31.2 Å². The fraction of sp³-hybridized carbons (Fsp3) is 0.333. The van der Waals surface area contributed by atoms with Crippen molar-refractivity contribution in [1.82, 2.24) is 5.32 Å². The number of carboxylic acid groups (broad SMARTS) is 1. The molecule has 1 aromatic carbocycles. The van der Waals surface area contributed by atoms with Crippen molar-refractivity contribution in [3.63, 3.8) is 0 Å². The van der Waals surface area contributed by atoms with Crippen LogP contribution in [-0.4, -0.2) is 35.2 Å². The van der Waals surface area contributed by atoms with Crippen LogP contribution in [0.2, 0.25) is 0 Å². The van der Waals surface area contributed by atoms with Crippen LogP contribution < -0.4 is 14.8 Å². The average Bonchev–Trinajstić information content (AvgIpc) is 2.45. The molecule has 0 fully saturated rings. The molecule has 0 aromatic heterocycles. The standard InChI is InChI=1S/C15H17NO5/c1-3-6-10(15(18)19)16-14(17)13-9(2)20-11-7-4-5-8-12(11)21-13/h3-5,7-10,13H,1,6H2,2H3,(H,16,17)(H,18,19). The van der Waals surface area contributed by atoms with Gasteiger partial charge in [-0.15, -0.1) is 6.58 Å². The topological polar surface area (TPSA) is 84.9 Å². The summed E-state index contributed by atoms with van der Waals surface area (Å²) in [6.45, 7) is 5.17. The number of ether oxygens (including phenoxy) is 2. The maximum Gasteiger partial charge on any atom is 0.326 e. The molecule has 0 bridgehead atoms. The minimum absolute atomic E-state index is 0.139. The van der Waals surface area contributed by atoms with Gasteiger partial charge in [0.2, 0.25) is 6.10 Å². The number of carboxylic acids is 1. The van der Waals surface area contributed by atoms with E-state index in [0.717, 1.165) is 0 Å². The van der Waals surface area contributed by atoms with Gasteiger partial charge in [0.15, 0.2) is 11.5 Å². The lowest BCUT2D eigenvalue weighted by Crippen LogP contribution is -2.53. The lowest BCUT2D eigenvalue weighted by molar-refractivity contribution is -0.144. The van der Waals surface area contributed by atoms with Gasteiger partial charge in [-0.1, -0.05) is 18.2 Å². The molecule has 21 heavy (non-hydrogen) atoms. The number of fused-ring (bicyclic) bond motifs is 1. The molecule has 2 rings (SSSR count). The third kappa shape index (κ3) is 3.34. The van der Waals surface area contributed by atoms with Crippen LogP contribution in [0.1, 0.15) is 13.3 Å². The van der Waals surface area contributed by atoms with Crippen molar-refractivity contribution in [1.29, 1.82) is 0 Å². The van der Waals surface area contributed by atoms with E-state index in [4.69, 9.17) is 14.6 Å². The molecule has 0 radical (unpaired) electrons. The van der Waals surface area contributed by atoms with E-state index in [1.165, 1.54) is 6.08 Å². The number of amides is 1. The lowest BCUT2D eigenvalue weighted by Gasteiger charge is -2.31. The first-order valence-corrected chi connectivity index (χ1v) is 6.59. The van der Waals surface area contributed by atoms with Gasteiger partial charge in [0.1, 0.15) is 12.1 Å². The van der Waals surface area contributed by atoms with Crippen LogP contribution in [0.3, 0.4) is 0 Å². The molecule has 3 atom stereocenters. The second kappa shape index (κ2) is 6.30. The van der Waals surface area contributed by atoms with Gasteiger partial charge < -0.3 is 19.9 Å². The molecule has 2 N–H and O–H groups in total. The van der Waals surface area contributed by atoms with Gasteiger partial charge in [0.25, 0.3) is 5.91 Å². The maximum atomic E-state index is 12.2. The number of hydrogen-bond donors (Lipinski definition) is 2. The molecule has 0 saturated heterocycles. The smallest absolute Gasteiger partial charge is 0.326 e. The number of benzene rings is 1. The summed E-state index contributed by atoms with van der Waals surface area (Å²) in [6, 6.07) is 5.99. The number of aliphatic carboxylic acids is 1. The van der Waals surface area contributed by atoms with Gasteiger partial charge in [-0.25, -0.2) is 4.79 Å². The highest BCUT2D eigenvalue weighted by Crippen LogP contribution is 2.33. The predicted molar refractivity (Wildman–Crippen MR) is 75.3 cm³/mol. The highest BCUT2D eigenvalue weighted by Gasteiger charge is 2.35. The summed E-state index contributed by atoms with van der Waals surface area (Å²) < 4.78 is 11.2. The zero-order chi connectivity index (χ0) is 15.4. The van der Waals surface area contributed by atoms with Crippen molar-refractivity contribution in [2.45, 2.75) is 31.6 Å². The Morgan fingerprint density at radius 3 is 2.57 bits per heavy atom. The quantitative estimate of drug-likeness (QED) is 0.800. The monoisotopic (exact) mass is 291 g/mol. The first kappa shape index (κ1) is 14.9. The average molecular weight is 291 g/mol. The number of hydrogen-bond acceptors (Lipinski definition) is 4. The number of carbonyl (C=O) groups is 2. The SMILES string of the molecule is C=CCC(NC(=O)C1Oc2ccccc2OC1C)C(=O)O. The van der Waals surface area contributed by atoms with Crippen LogP contribution in [0.5, 0.6) is 11.5 Å². The fourth-order valence-electron chi connectivity index (χ4n) is 2.05. The van der Waals surface area contributed by atoms with Gasteiger partial charge >= 0.3 is 5.97 Å². The Kier molecular flexibility index (Phi) is 4.47. The summed E-state index contributed by atoms with van der Waals surface area (Å²) in [5.41, 5.74) is 0. The summed E-state index contributed by atoms with van der Waals surface area (Å²) in [7, 11) is 0. The van der Waals surface area contributed by atoms with Crippen LogP contribution in [0.4, 0.5) is 0 Å². The Morgan fingerprint density at radius 1 is 1.38 bits per heavy atom. The molecule has 1 aromatic rings. The van der Waals surface area contributed by atoms with Gasteiger partial charge in [-0.3, -0.25) is 4.79 Å². The molecule has 1 aliphatic heterocycles. The zero-order valence-corrected chi connectivity index (χ0v) is 11.6. The van der Waals surface area contributed by atoms with E-state index >= 15 is 0 Å². The van der Waals surface area contributed by atoms with E-state index < -0.39 is 30.1 Å². The van der Waals surface area contributed by atoms with E-state index in [2.05, 4.69) is 11.9 Å². The molecule has 112 valence electrons. The minimum Gasteiger partial charge on any atom is -0.482 e. The van der Waals surface area contributed by atoms with Crippen molar-refractivity contribution in [3.05, 3.63) is 36.9 Å². The van der Waals surface area contributed by atoms with Crippen molar-refractivity contribution in [2.24, 2.45) is 0 Å². The molecule has 0 saturated carbocycles. The molecule has 6 heteroatoms. The van der Waals surface area contributed by atoms with Gasteiger partial charge in [0, 0.05) is 0 Å². The lowest BCUT2D eigenvalue weighted by atomic mass is 10.1. The largest absolute Gasteiger partial charge is 0.482 e. The Balaban J connectivity index is 2.09. The summed E-state index contributed by atoms with van der Waals surface area (Å²) >= 11 is 0. The van der Waals surface area contributed by atoms with Crippen LogP contribution >= 0.6 is 0 Å². The summed E-state index contributed by atoms with van der Waals surface area (Å²) in [4.78, 5) is 23.2. The van der Waals surface area contributed by atoms with Crippen molar-refractivity contribution < 1.29 is 24.2 Å². The van der Waals surface area contributed by atoms with E-state index in [-0.39, 0.29) is 6.42 Å². The van der Waals surface area contributed by atoms with Gasteiger partial charge in [0.05, 0.1) is 0 Å². The molecule has 1 amide bonds. The third-order valence-corrected chi connectivity index (χ3v) is 3.12.